The van der Waals surface area contributed by atoms with Crippen molar-refractivity contribution in [2.24, 2.45) is 0 Å². The molecule has 5 nitrogen and oxygen atoms in total. The molecule has 0 saturated heterocycles. The summed E-state index contributed by atoms with van der Waals surface area (Å²) in [5.41, 5.74) is 3.27. The molecule has 2 aliphatic rings. The van der Waals surface area contributed by atoms with Crippen LogP contribution in [0.4, 0.5) is 5.69 Å². The van der Waals surface area contributed by atoms with E-state index in [4.69, 9.17) is 16.3 Å². The van der Waals surface area contributed by atoms with Gasteiger partial charge in [0.25, 0.3) is 0 Å². The van der Waals surface area contributed by atoms with Crippen molar-refractivity contribution in [3.05, 3.63) is 58.6 Å². The molecule has 4 rings (SSSR count). The Hall–Kier alpha value is -2.53. The molecular formula is C24H27ClN2O3. The van der Waals surface area contributed by atoms with Crippen LogP contribution in [0.2, 0.25) is 5.02 Å². The quantitative estimate of drug-likeness (QED) is 0.605. The fourth-order valence-corrected chi connectivity index (χ4v) is 4.33. The van der Waals surface area contributed by atoms with Crippen LogP contribution in [-0.4, -0.2) is 25.0 Å². The molecule has 2 amide bonds. The van der Waals surface area contributed by atoms with Crippen molar-refractivity contribution in [1.82, 2.24) is 5.32 Å². The Labute approximate surface area is 182 Å². The lowest BCUT2D eigenvalue weighted by Gasteiger charge is -2.42. The normalized spacial score (nSPS) is 16.8. The topological polar surface area (TPSA) is 67.4 Å². The zero-order chi connectivity index (χ0) is 21.0. The number of aryl methyl sites for hydroxylation is 1. The van der Waals surface area contributed by atoms with E-state index in [2.05, 4.69) is 22.8 Å². The molecule has 0 unspecified atom stereocenters. The maximum absolute atomic E-state index is 12.3. The monoisotopic (exact) mass is 426 g/mol. The number of ether oxygens (including phenoxy) is 1. The third kappa shape index (κ3) is 4.78. The lowest BCUT2D eigenvalue weighted by Crippen LogP contribution is -2.45. The Morgan fingerprint density at radius 3 is 2.67 bits per heavy atom. The van der Waals surface area contributed by atoms with Gasteiger partial charge in [-0.25, -0.2) is 0 Å². The van der Waals surface area contributed by atoms with Crippen molar-refractivity contribution in [3.8, 4) is 5.75 Å². The molecule has 0 bridgehead atoms. The highest BCUT2D eigenvalue weighted by Gasteiger charge is 2.38. The van der Waals surface area contributed by atoms with Crippen LogP contribution in [0.1, 0.15) is 49.7 Å². The van der Waals surface area contributed by atoms with E-state index in [0.717, 1.165) is 41.3 Å². The molecular weight excluding hydrogens is 400 g/mol. The molecule has 0 radical (unpaired) electrons. The molecule has 1 aliphatic heterocycles. The van der Waals surface area contributed by atoms with Crippen molar-refractivity contribution < 1.29 is 14.3 Å². The van der Waals surface area contributed by atoms with Gasteiger partial charge in [-0.1, -0.05) is 30.2 Å². The van der Waals surface area contributed by atoms with Crippen LogP contribution < -0.4 is 15.4 Å². The predicted octanol–water partition coefficient (Wildman–Crippen LogP) is 4.62. The minimum absolute atomic E-state index is 0.0509. The predicted molar refractivity (Wildman–Crippen MR) is 118 cm³/mol. The maximum atomic E-state index is 12.3. The van der Waals surface area contributed by atoms with E-state index >= 15 is 0 Å². The summed E-state index contributed by atoms with van der Waals surface area (Å²) in [7, 11) is 0. The first kappa shape index (κ1) is 20.7. The minimum Gasteiger partial charge on any atom is -0.494 e. The Kier molecular flexibility index (Phi) is 6.28. The van der Waals surface area contributed by atoms with Gasteiger partial charge in [0.15, 0.2) is 0 Å². The summed E-state index contributed by atoms with van der Waals surface area (Å²) in [4.78, 5) is 23.8. The number of rotatable bonds is 8. The van der Waals surface area contributed by atoms with Crippen LogP contribution >= 0.6 is 11.6 Å². The number of hydrogen-bond donors (Lipinski definition) is 2. The number of amides is 2. The van der Waals surface area contributed by atoms with Crippen molar-refractivity contribution in [2.75, 3.05) is 18.5 Å². The van der Waals surface area contributed by atoms with E-state index in [-0.39, 0.29) is 17.2 Å². The second kappa shape index (κ2) is 9.09. The van der Waals surface area contributed by atoms with E-state index in [1.54, 1.807) is 0 Å². The fraction of sp³-hybridized carbons (Fsp3) is 0.417. The van der Waals surface area contributed by atoms with Crippen LogP contribution in [0.5, 0.6) is 5.75 Å². The molecule has 1 saturated carbocycles. The van der Waals surface area contributed by atoms with E-state index in [1.807, 2.05) is 30.3 Å². The number of halogens is 1. The molecule has 1 heterocycles. The zero-order valence-corrected chi connectivity index (χ0v) is 17.8. The molecule has 2 N–H and O–H groups in total. The number of benzene rings is 2. The Balaban J connectivity index is 1.20. The molecule has 1 fully saturated rings. The van der Waals surface area contributed by atoms with Gasteiger partial charge in [-0.3, -0.25) is 9.59 Å². The van der Waals surface area contributed by atoms with Crippen molar-refractivity contribution in [3.63, 3.8) is 0 Å². The van der Waals surface area contributed by atoms with Crippen LogP contribution in [0, 0.1) is 0 Å². The third-order valence-corrected chi connectivity index (χ3v) is 6.43. The average molecular weight is 427 g/mol. The first-order valence-electron chi connectivity index (χ1n) is 10.6. The zero-order valence-electron chi connectivity index (χ0n) is 17.0. The minimum atomic E-state index is 0.0509. The van der Waals surface area contributed by atoms with Crippen LogP contribution in [-0.2, 0) is 21.4 Å². The van der Waals surface area contributed by atoms with Gasteiger partial charge in [0, 0.05) is 35.5 Å². The molecule has 30 heavy (non-hydrogen) atoms. The van der Waals surface area contributed by atoms with Gasteiger partial charge in [-0.15, -0.1) is 0 Å². The molecule has 2 aromatic rings. The second-order valence-electron chi connectivity index (χ2n) is 8.24. The van der Waals surface area contributed by atoms with Gasteiger partial charge in [0.2, 0.25) is 11.8 Å². The van der Waals surface area contributed by atoms with Crippen molar-refractivity contribution in [2.45, 2.75) is 50.4 Å². The number of anilines is 1. The third-order valence-electron chi connectivity index (χ3n) is 6.18. The summed E-state index contributed by atoms with van der Waals surface area (Å²) < 4.78 is 5.80. The molecule has 0 aromatic heterocycles. The second-order valence-corrected chi connectivity index (χ2v) is 8.67. The van der Waals surface area contributed by atoms with Gasteiger partial charge in [0.05, 0.1) is 6.61 Å². The first-order chi connectivity index (χ1) is 14.5. The molecule has 0 atom stereocenters. The van der Waals surface area contributed by atoms with Crippen molar-refractivity contribution >= 4 is 29.1 Å². The van der Waals surface area contributed by atoms with Gasteiger partial charge < -0.3 is 15.4 Å². The highest BCUT2D eigenvalue weighted by molar-refractivity contribution is 6.30. The number of fused-ring (bicyclic) bond motifs is 1. The van der Waals surface area contributed by atoms with Gasteiger partial charge in [-0.2, -0.15) is 0 Å². The lowest BCUT2D eigenvalue weighted by molar-refractivity contribution is -0.121. The number of carbonyl (C=O) groups excluding carboxylic acids is 2. The molecule has 2 aromatic carbocycles. The van der Waals surface area contributed by atoms with Crippen molar-refractivity contribution in [1.29, 1.82) is 0 Å². The van der Waals surface area contributed by atoms with Crippen LogP contribution in [0.15, 0.2) is 42.5 Å². The fourth-order valence-electron chi connectivity index (χ4n) is 4.20. The molecule has 158 valence electrons. The van der Waals surface area contributed by atoms with Crippen LogP contribution in [0.25, 0.3) is 0 Å². The highest BCUT2D eigenvalue weighted by atomic mass is 35.5. The van der Waals surface area contributed by atoms with E-state index in [0.29, 0.717) is 32.4 Å². The average Bonchev–Trinajstić information content (AvgIpc) is 2.71. The van der Waals surface area contributed by atoms with Gasteiger partial charge in [0.1, 0.15) is 5.75 Å². The Morgan fingerprint density at radius 1 is 1.13 bits per heavy atom. The van der Waals surface area contributed by atoms with Crippen LogP contribution in [0.3, 0.4) is 0 Å². The van der Waals surface area contributed by atoms with Gasteiger partial charge in [-0.05, 0) is 67.1 Å². The summed E-state index contributed by atoms with van der Waals surface area (Å²) in [5.74, 6) is 0.899. The molecule has 0 spiro atoms. The number of carbonyl (C=O) groups is 2. The lowest BCUT2D eigenvalue weighted by atomic mass is 9.64. The Morgan fingerprint density at radius 2 is 1.93 bits per heavy atom. The summed E-state index contributed by atoms with van der Waals surface area (Å²) in [6.07, 6.45) is 5.72. The van der Waals surface area contributed by atoms with E-state index < -0.39 is 0 Å². The largest absolute Gasteiger partial charge is 0.494 e. The summed E-state index contributed by atoms with van der Waals surface area (Å²) in [5, 5.41) is 6.72. The maximum Gasteiger partial charge on any atom is 0.224 e. The highest BCUT2D eigenvalue weighted by Crippen LogP contribution is 2.43. The number of hydrogen-bond acceptors (Lipinski definition) is 3. The number of nitrogens with one attached hydrogen (secondary N) is 2. The Bertz CT molecular complexity index is 923. The standard InChI is InChI=1S/C24H27ClN2O3/c25-19-7-5-18(6-8-19)24(12-2-13-24)16-26-22(28)3-1-14-30-20-9-10-21-17(15-20)4-11-23(29)27-21/h5-10,15H,1-4,11-14,16H2,(H,26,28)(H,27,29). The smallest absolute Gasteiger partial charge is 0.224 e. The summed E-state index contributed by atoms with van der Waals surface area (Å²) in [6, 6.07) is 13.7. The van der Waals surface area contributed by atoms with E-state index in [9.17, 15) is 9.59 Å². The van der Waals surface area contributed by atoms with E-state index in [1.165, 1.54) is 12.0 Å². The molecule has 6 heteroatoms. The first-order valence-corrected chi connectivity index (χ1v) is 11.0. The molecule has 1 aliphatic carbocycles. The van der Waals surface area contributed by atoms with Gasteiger partial charge >= 0.3 is 0 Å². The SMILES string of the molecule is O=C(CCCOc1ccc2c(c1)CCC(=O)N2)NCC1(c2ccc(Cl)cc2)CCC1. The summed E-state index contributed by atoms with van der Waals surface area (Å²) in [6.45, 7) is 1.16. The summed E-state index contributed by atoms with van der Waals surface area (Å²) >= 11 is 6.01.